The number of benzene rings is 2. The van der Waals surface area contributed by atoms with Gasteiger partial charge in [-0.2, -0.15) is 0 Å². The van der Waals surface area contributed by atoms with Gasteiger partial charge in [0, 0.05) is 23.2 Å². The lowest BCUT2D eigenvalue weighted by Gasteiger charge is -2.10. The highest BCUT2D eigenvalue weighted by Gasteiger charge is 2.15. The molecule has 0 unspecified atom stereocenters. The molecule has 0 amide bonds. The highest BCUT2D eigenvalue weighted by Crippen LogP contribution is 2.26. The van der Waals surface area contributed by atoms with Crippen molar-refractivity contribution in [2.45, 2.75) is 30.7 Å². The Morgan fingerprint density at radius 3 is 2.41 bits per heavy atom. The number of hydrogen-bond donors (Lipinski definition) is 0. The zero-order valence-electron chi connectivity index (χ0n) is 15.1. The summed E-state index contributed by atoms with van der Waals surface area (Å²) in [5, 5.41) is 13.2. The minimum absolute atomic E-state index is 0.750. The van der Waals surface area contributed by atoms with Crippen LogP contribution in [0.25, 0.3) is 5.69 Å². The Morgan fingerprint density at radius 2 is 1.70 bits per heavy atom. The lowest BCUT2D eigenvalue weighted by molar-refractivity contribution is 0.847. The third-order valence-corrected chi connectivity index (χ3v) is 6.18. The van der Waals surface area contributed by atoms with E-state index in [-0.39, 0.29) is 0 Å². The van der Waals surface area contributed by atoms with Crippen LogP contribution in [-0.4, -0.2) is 19.7 Å². The molecule has 0 saturated heterocycles. The lowest BCUT2D eigenvalue weighted by atomic mass is 10.1. The van der Waals surface area contributed by atoms with Crippen molar-refractivity contribution < 1.29 is 0 Å². The van der Waals surface area contributed by atoms with E-state index in [9.17, 15) is 0 Å². The maximum Gasteiger partial charge on any atom is 0.196 e. The molecule has 0 bridgehead atoms. The molecule has 4 rings (SSSR count). The van der Waals surface area contributed by atoms with Crippen LogP contribution in [0.1, 0.15) is 29.0 Å². The van der Waals surface area contributed by atoms with E-state index in [1.807, 2.05) is 24.3 Å². The molecule has 2 aromatic carbocycles. The minimum atomic E-state index is 0.750. The molecule has 0 aliphatic rings. The molecule has 136 valence electrons. The molecule has 0 saturated carbocycles. The number of aryl methyl sites for hydroxylation is 1. The molecule has 0 radical (unpaired) electrons. The van der Waals surface area contributed by atoms with Crippen molar-refractivity contribution in [3.05, 3.63) is 88.1 Å². The van der Waals surface area contributed by atoms with Crippen molar-refractivity contribution in [3.8, 4) is 5.69 Å². The Labute approximate surface area is 167 Å². The quantitative estimate of drug-likeness (QED) is 0.407. The SMILES string of the molecule is CCc1nc(CSc2nnc(Cc3ccccc3)n2-c2ccccc2)cs1. The summed E-state index contributed by atoms with van der Waals surface area (Å²) < 4.78 is 2.16. The highest BCUT2D eigenvalue weighted by atomic mass is 32.2. The average Bonchev–Trinajstić information content (AvgIpc) is 3.34. The minimum Gasteiger partial charge on any atom is -0.274 e. The summed E-state index contributed by atoms with van der Waals surface area (Å²) in [6.07, 6.45) is 1.73. The van der Waals surface area contributed by atoms with E-state index in [2.05, 4.69) is 68.5 Å². The van der Waals surface area contributed by atoms with E-state index in [0.29, 0.717) is 0 Å². The second kappa shape index (κ2) is 8.50. The molecular weight excluding hydrogens is 372 g/mol. The summed E-state index contributed by atoms with van der Waals surface area (Å²) in [5.41, 5.74) is 3.42. The van der Waals surface area contributed by atoms with Crippen molar-refractivity contribution >= 4 is 23.1 Å². The number of nitrogens with zero attached hydrogens (tertiary/aromatic N) is 4. The van der Waals surface area contributed by atoms with E-state index < -0.39 is 0 Å². The first kappa shape index (κ1) is 17.9. The Morgan fingerprint density at radius 1 is 0.963 bits per heavy atom. The van der Waals surface area contributed by atoms with E-state index in [0.717, 1.165) is 41.0 Å². The van der Waals surface area contributed by atoms with Gasteiger partial charge in [-0.25, -0.2) is 4.98 Å². The third-order valence-electron chi connectivity index (χ3n) is 4.17. The lowest BCUT2D eigenvalue weighted by Crippen LogP contribution is -2.03. The van der Waals surface area contributed by atoms with Gasteiger partial charge in [-0.1, -0.05) is 67.2 Å². The van der Waals surface area contributed by atoms with Gasteiger partial charge in [0.1, 0.15) is 5.82 Å². The van der Waals surface area contributed by atoms with Crippen LogP contribution in [0.3, 0.4) is 0 Å². The van der Waals surface area contributed by atoms with Gasteiger partial charge in [0.15, 0.2) is 5.16 Å². The summed E-state index contributed by atoms with van der Waals surface area (Å²) in [7, 11) is 0. The summed E-state index contributed by atoms with van der Waals surface area (Å²) >= 11 is 3.41. The number of hydrogen-bond acceptors (Lipinski definition) is 5. The van der Waals surface area contributed by atoms with Gasteiger partial charge in [0.25, 0.3) is 0 Å². The molecular formula is C21H20N4S2. The van der Waals surface area contributed by atoms with Crippen LogP contribution in [0.4, 0.5) is 0 Å². The van der Waals surface area contributed by atoms with Gasteiger partial charge in [0.05, 0.1) is 10.7 Å². The van der Waals surface area contributed by atoms with Crippen molar-refractivity contribution in [2.75, 3.05) is 0 Å². The maximum absolute atomic E-state index is 4.66. The second-order valence-electron chi connectivity index (χ2n) is 6.11. The van der Waals surface area contributed by atoms with Crippen LogP contribution in [0, 0.1) is 0 Å². The van der Waals surface area contributed by atoms with Crippen molar-refractivity contribution in [1.29, 1.82) is 0 Å². The fourth-order valence-electron chi connectivity index (χ4n) is 2.84. The van der Waals surface area contributed by atoms with E-state index in [1.54, 1.807) is 23.1 Å². The molecule has 2 heterocycles. The van der Waals surface area contributed by atoms with E-state index in [4.69, 9.17) is 0 Å². The van der Waals surface area contributed by atoms with Crippen molar-refractivity contribution in [3.63, 3.8) is 0 Å². The van der Waals surface area contributed by atoms with Crippen LogP contribution in [0.2, 0.25) is 0 Å². The smallest absolute Gasteiger partial charge is 0.196 e. The van der Waals surface area contributed by atoms with Crippen LogP contribution < -0.4 is 0 Å². The zero-order valence-corrected chi connectivity index (χ0v) is 16.7. The molecule has 0 atom stereocenters. The topological polar surface area (TPSA) is 43.6 Å². The van der Waals surface area contributed by atoms with E-state index in [1.165, 1.54) is 10.6 Å². The first-order valence-corrected chi connectivity index (χ1v) is 10.8. The maximum atomic E-state index is 4.66. The molecule has 2 aromatic heterocycles. The predicted octanol–water partition coefficient (Wildman–Crippen LogP) is 5.17. The zero-order chi connectivity index (χ0) is 18.5. The molecule has 6 heteroatoms. The number of rotatable bonds is 7. The number of thioether (sulfide) groups is 1. The van der Waals surface area contributed by atoms with Crippen LogP contribution in [-0.2, 0) is 18.6 Å². The molecule has 0 N–H and O–H groups in total. The number of para-hydroxylation sites is 1. The second-order valence-corrected chi connectivity index (χ2v) is 7.99. The molecule has 27 heavy (non-hydrogen) atoms. The van der Waals surface area contributed by atoms with Gasteiger partial charge < -0.3 is 0 Å². The highest BCUT2D eigenvalue weighted by molar-refractivity contribution is 7.98. The van der Waals surface area contributed by atoms with Gasteiger partial charge in [-0.05, 0) is 24.1 Å². The summed E-state index contributed by atoms with van der Waals surface area (Å²) in [5.74, 6) is 1.75. The molecule has 0 spiro atoms. The van der Waals surface area contributed by atoms with Crippen LogP contribution >= 0.6 is 23.1 Å². The third kappa shape index (κ3) is 4.28. The molecule has 4 nitrogen and oxygen atoms in total. The molecule has 0 aliphatic heterocycles. The van der Waals surface area contributed by atoms with Gasteiger partial charge >= 0.3 is 0 Å². The summed E-state index contributed by atoms with van der Waals surface area (Å²) in [4.78, 5) is 4.66. The van der Waals surface area contributed by atoms with Gasteiger partial charge in [-0.3, -0.25) is 4.57 Å². The Balaban J connectivity index is 1.62. The normalized spacial score (nSPS) is 11.0. The fourth-order valence-corrected chi connectivity index (χ4v) is 4.55. The summed E-state index contributed by atoms with van der Waals surface area (Å²) in [6, 6.07) is 20.7. The Kier molecular flexibility index (Phi) is 5.65. The first-order chi connectivity index (χ1) is 13.3. The monoisotopic (exact) mass is 392 g/mol. The van der Waals surface area contributed by atoms with Crippen LogP contribution in [0.15, 0.2) is 71.2 Å². The average molecular weight is 393 g/mol. The molecule has 0 aliphatic carbocycles. The first-order valence-electron chi connectivity index (χ1n) is 8.93. The number of thiazole rings is 1. The molecule has 0 fully saturated rings. The van der Waals surface area contributed by atoms with E-state index >= 15 is 0 Å². The fraction of sp³-hybridized carbons (Fsp3) is 0.190. The standard InChI is InChI=1S/C21H20N4S2/c1-2-20-22-17(14-26-20)15-27-21-24-23-19(13-16-9-5-3-6-10-16)25(21)18-11-7-4-8-12-18/h3-12,14H,2,13,15H2,1H3. The molecule has 4 aromatic rings. The van der Waals surface area contributed by atoms with Crippen molar-refractivity contribution in [2.24, 2.45) is 0 Å². The van der Waals surface area contributed by atoms with Gasteiger partial charge in [0.2, 0.25) is 0 Å². The Bertz CT molecular complexity index is 993. The number of aromatic nitrogens is 4. The largest absolute Gasteiger partial charge is 0.274 e. The summed E-state index contributed by atoms with van der Waals surface area (Å²) in [6.45, 7) is 2.14. The van der Waals surface area contributed by atoms with Crippen molar-refractivity contribution in [1.82, 2.24) is 19.7 Å². The van der Waals surface area contributed by atoms with Crippen LogP contribution in [0.5, 0.6) is 0 Å². The Hall–Kier alpha value is -2.44. The predicted molar refractivity (Wildman–Crippen MR) is 112 cm³/mol. The van der Waals surface area contributed by atoms with Gasteiger partial charge in [-0.15, -0.1) is 21.5 Å².